The summed E-state index contributed by atoms with van der Waals surface area (Å²) >= 11 is 0. The van der Waals surface area contributed by atoms with Gasteiger partial charge in [-0.1, -0.05) is 6.07 Å². The second-order valence-corrected chi connectivity index (χ2v) is 5.05. The summed E-state index contributed by atoms with van der Waals surface area (Å²) < 4.78 is 15.6. The molecule has 132 valence electrons. The number of hydrogen-bond acceptors (Lipinski definition) is 5. The lowest BCUT2D eigenvalue weighted by Crippen LogP contribution is -2.14. The molecule has 0 bridgehead atoms. The van der Waals surface area contributed by atoms with E-state index >= 15 is 0 Å². The van der Waals surface area contributed by atoms with Crippen molar-refractivity contribution in [3.8, 4) is 11.5 Å². The highest BCUT2D eigenvalue weighted by atomic mass is 16.5. The zero-order valence-electron chi connectivity index (χ0n) is 14.5. The van der Waals surface area contributed by atoms with Crippen molar-refractivity contribution < 1.29 is 23.8 Å². The maximum atomic E-state index is 12.4. The van der Waals surface area contributed by atoms with Crippen LogP contribution in [0.3, 0.4) is 0 Å². The van der Waals surface area contributed by atoms with Crippen LogP contribution in [0.5, 0.6) is 11.5 Å². The van der Waals surface area contributed by atoms with E-state index in [4.69, 9.17) is 14.2 Å². The molecular weight excluding hydrogens is 322 g/mol. The van der Waals surface area contributed by atoms with E-state index in [2.05, 4.69) is 5.32 Å². The number of methoxy groups -OCH3 is 1. The topological polar surface area (TPSA) is 73.9 Å². The van der Waals surface area contributed by atoms with E-state index in [0.29, 0.717) is 34.9 Å². The highest BCUT2D eigenvalue weighted by Gasteiger charge is 2.14. The highest BCUT2D eigenvalue weighted by Crippen LogP contribution is 2.27. The summed E-state index contributed by atoms with van der Waals surface area (Å²) in [5.74, 6) is 0.262. The van der Waals surface area contributed by atoms with Crippen molar-refractivity contribution in [2.45, 2.75) is 13.8 Å². The van der Waals surface area contributed by atoms with Crippen LogP contribution in [0.2, 0.25) is 0 Å². The van der Waals surface area contributed by atoms with E-state index in [1.165, 1.54) is 7.11 Å². The number of rotatable bonds is 7. The van der Waals surface area contributed by atoms with Gasteiger partial charge < -0.3 is 19.5 Å². The van der Waals surface area contributed by atoms with Crippen LogP contribution >= 0.6 is 0 Å². The molecule has 0 spiro atoms. The summed E-state index contributed by atoms with van der Waals surface area (Å²) in [6.45, 7) is 4.25. The minimum absolute atomic E-state index is 0.289. The minimum atomic E-state index is -0.436. The van der Waals surface area contributed by atoms with Crippen molar-refractivity contribution in [3.05, 3.63) is 53.6 Å². The number of amides is 1. The van der Waals surface area contributed by atoms with Gasteiger partial charge in [0.1, 0.15) is 11.5 Å². The van der Waals surface area contributed by atoms with Crippen LogP contribution in [-0.4, -0.2) is 32.2 Å². The molecule has 0 aromatic heterocycles. The Bertz CT molecular complexity index is 757. The van der Waals surface area contributed by atoms with Crippen LogP contribution in [0.4, 0.5) is 5.69 Å². The molecule has 6 heteroatoms. The maximum Gasteiger partial charge on any atom is 0.338 e. The predicted molar refractivity (Wildman–Crippen MR) is 94.5 cm³/mol. The van der Waals surface area contributed by atoms with E-state index in [-0.39, 0.29) is 12.5 Å². The summed E-state index contributed by atoms with van der Waals surface area (Å²) in [6.07, 6.45) is 0. The average molecular weight is 343 g/mol. The SMILES string of the molecule is CCOC(=O)c1ccc(NC(=O)c2cccc(OC)c2)c(OCC)c1. The first kappa shape index (κ1) is 18.3. The highest BCUT2D eigenvalue weighted by molar-refractivity contribution is 6.05. The Balaban J connectivity index is 2.25. The third-order valence-electron chi connectivity index (χ3n) is 3.37. The Morgan fingerprint density at radius 2 is 1.80 bits per heavy atom. The number of nitrogens with one attached hydrogen (secondary N) is 1. The van der Waals surface area contributed by atoms with Crippen LogP contribution in [-0.2, 0) is 4.74 Å². The third-order valence-corrected chi connectivity index (χ3v) is 3.37. The molecule has 2 aromatic carbocycles. The molecule has 0 saturated carbocycles. The van der Waals surface area contributed by atoms with E-state index in [1.807, 2.05) is 6.92 Å². The van der Waals surface area contributed by atoms with Crippen molar-refractivity contribution in [1.29, 1.82) is 0 Å². The van der Waals surface area contributed by atoms with Crippen molar-refractivity contribution >= 4 is 17.6 Å². The molecule has 0 radical (unpaired) electrons. The fourth-order valence-corrected chi connectivity index (χ4v) is 2.20. The van der Waals surface area contributed by atoms with Gasteiger partial charge in [0, 0.05) is 5.56 Å². The lowest BCUT2D eigenvalue weighted by Gasteiger charge is -2.13. The van der Waals surface area contributed by atoms with Gasteiger partial charge in [0.05, 0.1) is 31.6 Å². The molecular formula is C19H21NO5. The number of anilines is 1. The van der Waals surface area contributed by atoms with Gasteiger partial charge in [-0.2, -0.15) is 0 Å². The first-order valence-corrected chi connectivity index (χ1v) is 7.98. The van der Waals surface area contributed by atoms with Gasteiger partial charge in [0.25, 0.3) is 5.91 Å². The van der Waals surface area contributed by atoms with Crippen molar-refractivity contribution in [1.82, 2.24) is 0 Å². The summed E-state index contributed by atoms with van der Waals surface area (Å²) in [6, 6.07) is 11.6. The fourth-order valence-electron chi connectivity index (χ4n) is 2.20. The Labute approximate surface area is 146 Å². The lowest BCUT2D eigenvalue weighted by molar-refractivity contribution is 0.0526. The molecule has 0 saturated heterocycles. The van der Waals surface area contributed by atoms with E-state index in [9.17, 15) is 9.59 Å². The summed E-state index contributed by atoms with van der Waals surface area (Å²) in [7, 11) is 1.54. The van der Waals surface area contributed by atoms with Crippen LogP contribution in [0.25, 0.3) is 0 Å². The van der Waals surface area contributed by atoms with E-state index in [0.717, 1.165) is 0 Å². The van der Waals surface area contributed by atoms with Gasteiger partial charge in [-0.25, -0.2) is 4.79 Å². The molecule has 0 heterocycles. The van der Waals surface area contributed by atoms with Crippen molar-refractivity contribution in [2.24, 2.45) is 0 Å². The van der Waals surface area contributed by atoms with Crippen LogP contribution in [0, 0.1) is 0 Å². The molecule has 2 aromatic rings. The summed E-state index contributed by atoms with van der Waals surface area (Å²) in [4.78, 5) is 24.3. The average Bonchev–Trinajstić information content (AvgIpc) is 2.63. The normalized spacial score (nSPS) is 10.0. The monoisotopic (exact) mass is 343 g/mol. The second-order valence-electron chi connectivity index (χ2n) is 5.05. The molecule has 0 aliphatic heterocycles. The molecule has 6 nitrogen and oxygen atoms in total. The van der Waals surface area contributed by atoms with Crippen LogP contribution in [0.15, 0.2) is 42.5 Å². The first-order chi connectivity index (χ1) is 12.1. The molecule has 0 atom stereocenters. The number of ether oxygens (including phenoxy) is 3. The first-order valence-electron chi connectivity index (χ1n) is 7.98. The fraction of sp³-hybridized carbons (Fsp3) is 0.263. The van der Waals surface area contributed by atoms with Gasteiger partial charge >= 0.3 is 5.97 Å². The zero-order valence-corrected chi connectivity index (χ0v) is 14.5. The molecule has 25 heavy (non-hydrogen) atoms. The maximum absolute atomic E-state index is 12.4. The molecule has 1 amide bonds. The number of carbonyl (C=O) groups is 2. The van der Waals surface area contributed by atoms with Gasteiger partial charge in [0.15, 0.2) is 0 Å². The van der Waals surface area contributed by atoms with Crippen LogP contribution < -0.4 is 14.8 Å². The van der Waals surface area contributed by atoms with E-state index in [1.54, 1.807) is 49.4 Å². The smallest absolute Gasteiger partial charge is 0.338 e. The second kappa shape index (κ2) is 8.73. The number of carbonyl (C=O) groups excluding carboxylic acids is 2. The molecule has 1 N–H and O–H groups in total. The van der Waals surface area contributed by atoms with Gasteiger partial charge in [0.2, 0.25) is 0 Å². The number of hydrogen-bond donors (Lipinski definition) is 1. The zero-order chi connectivity index (χ0) is 18.2. The van der Waals surface area contributed by atoms with Crippen molar-refractivity contribution in [2.75, 3.05) is 25.6 Å². The van der Waals surface area contributed by atoms with Crippen molar-refractivity contribution in [3.63, 3.8) is 0 Å². The standard InChI is InChI=1S/C19H21NO5/c1-4-24-17-12-14(19(22)25-5-2)9-10-16(17)20-18(21)13-7-6-8-15(11-13)23-3/h6-12H,4-5H2,1-3H3,(H,20,21). The van der Waals surface area contributed by atoms with Gasteiger partial charge in [-0.05, 0) is 50.2 Å². The number of benzene rings is 2. The number of esters is 1. The molecule has 0 fully saturated rings. The summed E-state index contributed by atoms with van der Waals surface area (Å²) in [5, 5.41) is 2.79. The lowest BCUT2D eigenvalue weighted by atomic mass is 10.1. The molecule has 0 unspecified atom stereocenters. The molecule has 0 aliphatic carbocycles. The molecule has 0 aliphatic rings. The largest absolute Gasteiger partial charge is 0.497 e. The third kappa shape index (κ3) is 4.73. The molecule has 2 rings (SSSR count). The van der Waals surface area contributed by atoms with E-state index < -0.39 is 5.97 Å². The Morgan fingerprint density at radius 3 is 2.48 bits per heavy atom. The Morgan fingerprint density at radius 1 is 1.00 bits per heavy atom. The Kier molecular flexibility index (Phi) is 6.39. The Hall–Kier alpha value is -3.02. The van der Waals surface area contributed by atoms with Gasteiger partial charge in [-0.15, -0.1) is 0 Å². The predicted octanol–water partition coefficient (Wildman–Crippen LogP) is 3.52. The quantitative estimate of drug-likeness (QED) is 0.779. The minimum Gasteiger partial charge on any atom is -0.497 e. The summed E-state index contributed by atoms with van der Waals surface area (Å²) in [5.41, 5.74) is 1.30. The van der Waals surface area contributed by atoms with Gasteiger partial charge in [-0.3, -0.25) is 4.79 Å². The van der Waals surface area contributed by atoms with Crippen LogP contribution in [0.1, 0.15) is 34.6 Å².